The van der Waals surface area contributed by atoms with Crippen LogP contribution in [0.5, 0.6) is 0 Å². The maximum atomic E-state index is 12.9. The lowest BCUT2D eigenvalue weighted by Gasteiger charge is -2.29. The maximum absolute atomic E-state index is 12.9. The molecule has 1 aliphatic heterocycles. The van der Waals surface area contributed by atoms with Crippen LogP contribution >= 0.6 is 0 Å². The van der Waals surface area contributed by atoms with Crippen molar-refractivity contribution in [3.05, 3.63) is 57.8 Å². The molecule has 0 aliphatic carbocycles. The average molecular weight is 262 g/mol. The summed E-state index contributed by atoms with van der Waals surface area (Å²) in [6.45, 7) is 0.849. The molecule has 0 bridgehead atoms. The molecule has 100 valence electrons. The highest BCUT2D eigenvalue weighted by Crippen LogP contribution is 2.33. The predicted molar refractivity (Wildman–Crippen MR) is 68.4 cm³/mol. The Bertz CT molecular complexity index is 602. The molecule has 2 aromatic rings. The smallest absolute Gasteiger partial charge is 0.280 e. The molecule has 19 heavy (non-hydrogen) atoms. The zero-order valence-electron chi connectivity index (χ0n) is 10.4. The standard InChI is InChI=1S/C14H15FN2O2/c15-11-3-1-9(2-4-11)12-7-10(5-6-16-12)13-8-14(18)17-19-13/h1-4,8,10,12,16H,5-7H2,(H,17,18)/t10-,12+/m0/s1. The number of nitrogens with one attached hydrogen (secondary N) is 2. The summed E-state index contributed by atoms with van der Waals surface area (Å²) in [5.74, 6) is 0.696. The Morgan fingerprint density at radius 1 is 1.26 bits per heavy atom. The van der Waals surface area contributed by atoms with Crippen molar-refractivity contribution in [3.8, 4) is 0 Å². The van der Waals surface area contributed by atoms with Crippen molar-refractivity contribution in [2.75, 3.05) is 6.54 Å². The lowest BCUT2D eigenvalue weighted by atomic mass is 9.87. The van der Waals surface area contributed by atoms with Crippen LogP contribution in [-0.4, -0.2) is 11.7 Å². The van der Waals surface area contributed by atoms with Gasteiger partial charge in [0.05, 0.1) is 0 Å². The molecule has 5 heteroatoms. The Kier molecular flexibility index (Phi) is 3.21. The van der Waals surface area contributed by atoms with Gasteiger partial charge in [-0.15, -0.1) is 0 Å². The summed E-state index contributed by atoms with van der Waals surface area (Å²) < 4.78 is 18.1. The fourth-order valence-electron chi connectivity index (χ4n) is 2.62. The van der Waals surface area contributed by atoms with E-state index in [9.17, 15) is 9.18 Å². The van der Waals surface area contributed by atoms with Crippen molar-refractivity contribution in [1.82, 2.24) is 10.5 Å². The van der Waals surface area contributed by atoms with Gasteiger partial charge in [-0.25, -0.2) is 4.39 Å². The molecule has 2 atom stereocenters. The Balaban J connectivity index is 1.78. The molecule has 3 rings (SSSR count). The Morgan fingerprint density at radius 3 is 2.74 bits per heavy atom. The van der Waals surface area contributed by atoms with E-state index in [4.69, 9.17) is 4.52 Å². The monoisotopic (exact) mass is 262 g/mol. The maximum Gasteiger partial charge on any atom is 0.280 e. The normalized spacial score (nSPS) is 23.4. The Morgan fingerprint density at radius 2 is 2.05 bits per heavy atom. The van der Waals surface area contributed by atoms with Crippen molar-refractivity contribution in [3.63, 3.8) is 0 Å². The number of hydrogen-bond acceptors (Lipinski definition) is 3. The molecular formula is C14H15FN2O2. The third kappa shape index (κ3) is 2.61. The molecule has 2 heterocycles. The highest BCUT2D eigenvalue weighted by atomic mass is 19.1. The van der Waals surface area contributed by atoms with Gasteiger partial charge in [-0.1, -0.05) is 12.1 Å². The number of rotatable bonds is 2. The zero-order chi connectivity index (χ0) is 13.2. The fourth-order valence-corrected chi connectivity index (χ4v) is 2.62. The van der Waals surface area contributed by atoms with Gasteiger partial charge in [0.2, 0.25) is 0 Å². The molecule has 0 radical (unpaired) electrons. The van der Waals surface area contributed by atoms with Crippen LogP contribution < -0.4 is 10.9 Å². The topological polar surface area (TPSA) is 58.0 Å². The minimum absolute atomic E-state index is 0.166. The van der Waals surface area contributed by atoms with E-state index in [1.54, 1.807) is 12.1 Å². The van der Waals surface area contributed by atoms with Gasteiger partial charge in [0.15, 0.2) is 0 Å². The molecule has 1 saturated heterocycles. The van der Waals surface area contributed by atoms with E-state index < -0.39 is 0 Å². The van der Waals surface area contributed by atoms with E-state index in [1.807, 2.05) is 0 Å². The summed E-state index contributed by atoms with van der Waals surface area (Å²) in [6.07, 6.45) is 1.77. The summed E-state index contributed by atoms with van der Waals surface area (Å²) in [7, 11) is 0. The number of aromatic nitrogens is 1. The van der Waals surface area contributed by atoms with E-state index >= 15 is 0 Å². The Labute approximate surface area is 109 Å². The first kappa shape index (κ1) is 12.2. The van der Waals surface area contributed by atoms with Crippen molar-refractivity contribution < 1.29 is 8.91 Å². The van der Waals surface area contributed by atoms with Crippen LogP contribution in [-0.2, 0) is 0 Å². The second-order valence-corrected chi connectivity index (χ2v) is 4.89. The van der Waals surface area contributed by atoms with Gasteiger partial charge in [0.25, 0.3) is 5.56 Å². The van der Waals surface area contributed by atoms with Gasteiger partial charge in [0.1, 0.15) is 11.6 Å². The van der Waals surface area contributed by atoms with Gasteiger partial charge in [-0.05, 0) is 37.1 Å². The summed E-state index contributed by atoms with van der Waals surface area (Å²) in [6, 6.07) is 8.21. The van der Waals surface area contributed by atoms with Crippen LogP contribution in [0.3, 0.4) is 0 Å². The highest BCUT2D eigenvalue weighted by molar-refractivity contribution is 5.21. The molecule has 1 fully saturated rings. The van der Waals surface area contributed by atoms with Crippen LogP contribution in [0.25, 0.3) is 0 Å². The number of halogens is 1. The fraction of sp³-hybridized carbons (Fsp3) is 0.357. The van der Waals surface area contributed by atoms with Crippen molar-refractivity contribution >= 4 is 0 Å². The molecule has 1 aliphatic rings. The predicted octanol–water partition coefficient (Wildman–Crippen LogP) is 2.32. The highest BCUT2D eigenvalue weighted by Gasteiger charge is 2.26. The lowest BCUT2D eigenvalue weighted by molar-refractivity contribution is 0.295. The first-order chi connectivity index (χ1) is 9.22. The van der Waals surface area contributed by atoms with Gasteiger partial charge in [-0.3, -0.25) is 4.79 Å². The third-order valence-corrected chi connectivity index (χ3v) is 3.62. The Hall–Kier alpha value is -1.88. The average Bonchev–Trinajstić information content (AvgIpc) is 2.86. The number of piperidine rings is 1. The molecule has 0 spiro atoms. The van der Waals surface area contributed by atoms with Crippen LogP contribution in [0.2, 0.25) is 0 Å². The van der Waals surface area contributed by atoms with Crippen LogP contribution in [0.4, 0.5) is 4.39 Å². The summed E-state index contributed by atoms with van der Waals surface area (Å²) in [5.41, 5.74) is 0.857. The van der Waals surface area contributed by atoms with E-state index in [1.165, 1.54) is 18.2 Å². The summed E-state index contributed by atoms with van der Waals surface area (Å²) >= 11 is 0. The lowest BCUT2D eigenvalue weighted by Crippen LogP contribution is -2.30. The molecule has 4 nitrogen and oxygen atoms in total. The van der Waals surface area contributed by atoms with Crippen molar-refractivity contribution in [2.24, 2.45) is 0 Å². The molecule has 1 aromatic carbocycles. The number of hydrogen-bond donors (Lipinski definition) is 2. The van der Waals surface area contributed by atoms with E-state index in [2.05, 4.69) is 10.5 Å². The SMILES string of the molecule is O=c1cc([C@H]2CCN[C@@H](c3ccc(F)cc3)C2)o[nH]1. The zero-order valence-corrected chi connectivity index (χ0v) is 10.4. The molecule has 0 amide bonds. The summed E-state index contributed by atoms with van der Waals surface area (Å²) in [5, 5.41) is 5.74. The second kappa shape index (κ2) is 5.01. The van der Waals surface area contributed by atoms with Crippen molar-refractivity contribution in [2.45, 2.75) is 24.8 Å². The minimum atomic E-state index is -0.229. The van der Waals surface area contributed by atoms with Gasteiger partial charge in [-0.2, -0.15) is 5.16 Å². The van der Waals surface area contributed by atoms with Crippen LogP contribution in [0.1, 0.15) is 36.1 Å². The van der Waals surface area contributed by atoms with Crippen molar-refractivity contribution in [1.29, 1.82) is 0 Å². The van der Waals surface area contributed by atoms with Crippen LogP contribution in [0, 0.1) is 5.82 Å². The van der Waals surface area contributed by atoms with E-state index in [-0.39, 0.29) is 23.3 Å². The van der Waals surface area contributed by atoms with Gasteiger partial charge < -0.3 is 9.84 Å². The number of benzene rings is 1. The second-order valence-electron chi connectivity index (χ2n) is 4.89. The number of H-pyrrole nitrogens is 1. The molecule has 0 saturated carbocycles. The van der Waals surface area contributed by atoms with Gasteiger partial charge in [0, 0.05) is 18.0 Å². The molecule has 0 unspecified atom stereocenters. The summed E-state index contributed by atoms with van der Waals surface area (Å²) in [4.78, 5) is 11.1. The first-order valence-corrected chi connectivity index (χ1v) is 6.39. The molecule has 2 N–H and O–H groups in total. The van der Waals surface area contributed by atoms with Gasteiger partial charge >= 0.3 is 0 Å². The quantitative estimate of drug-likeness (QED) is 0.873. The third-order valence-electron chi connectivity index (χ3n) is 3.62. The number of aromatic amines is 1. The molecule has 1 aromatic heterocycles. The van der Waals surface area contributed by atoms with E-state index in [0.29, 0.717) is 5.76 Å². The van der Waals surface area contributed by atoms with E-state index in [0.717, 1.165) is 24.9 Å². The van der Waals surface area contributed by atoms with Crippen LogP contribution in [0.15, 0.2) is 39.6 Å². The minimum Gasteiger partial charge on any atom is -0.383 e. The largest absolute Gasteiger partial charge is 0.383 e. The first-order valence-electron chi connectivity index (χ1n) is 6.39. The molecular weight excluding hydrogens is 247 g/mol.